The molecule has 4 N–H and O–H groups in total. The number of anilines is 1. The zero-order valence-electron chi connectivity index (χ0n) is 8.69. The predicted molar refractivity (Wildman–Crippen MR) is 60.6 cm³/mol. The summed E-state index contributed by atoms with van der Waals surface area (Å²) in [7, 11) is -3.95. The molecule has 0 aromatic heterocycles. The molecular formula is C8H13NNaO4S. The molecule has 1 aromatic rings. The summed E-state index contributed by atoms with van der Waals surface area (Å²) in [5, 5.41) is 2.61. The maximum atomic E-state index is 10.4. The van der Waals surface area contributed by atoms with Gasteiger partial charge in [-0.15, -0.1) is 0 Å². The Labute approximate surface area is 111 Å². The van der Waals surface area contributed by atoms with E-state index in [-0.39, 0.29) is 35.0 Å². The molecule has 0 aliphatic rings. The zero-order chi connectivity index (χ0) is 9.90. The summed E-state index contributed by atoms with van der Waals surface area (Å²) in [5.41, 5.74) is 1.64. The van der Waals surface area contributed by atoms with Crippen LogP contribution >= 0.6 is 0 Å². The Bertz CT molecular complexity index is 393. The summed E-state index contributed by atoms with van der Waals surface area (Å²) < 4.78 is 29.3. The van der Waals surface area contributed by atoms with Gasteiger partial charge in [0, 0.05) is 35.2 Å². The smallest absolute Gasteiger partial charge is 0.283 e. The minimum absolute atomic E-state index is 0. The van der Waals surface area contributed by atoms with Crippen molar-refractivity contribution < 1.29 is 18.4 Å². The van der Waals surface area contributed by atoms with Gasteiger partial charge in [-0.25, -0.2) is 0 Å². The fourth-order valence-corrected chi connectivity index (χ4v) is 1.28. The minimum atomic E-state index is -3.95. The first kappa shape index (κ1) is 17.3. The summed E-state index contributed by atoms with van der Waals surface area (Å²) in [6, 6.07) is 7.25. The first-order valence-electron chi connectivity index (χ1n) is 3.74. The molecule has 0 bridgehead atoms. The molecule has 0 aliphatic carbocycles. The summed E-state index contributed by atoms with van der Waals surface area (Å²) >= 11 is 0. The maximum absolute atomic E-state index is 10.4. The van der Waals surface area contributed by atoms with E-state index < -0.39 is 16.0 Å². The van der Waals surface area contributed by atoms with Crippen LogP contribution in [0, 0.1) is 6.92 Å². The Morgan fingerprint density at radius 1 is 1.33 bits per heavy atom. The topological polar surface area (TPSA) is 97.9 Å². The summed E-state index contributed by atoms with van der Waals surface area (Å²) in [6.45, 7) is 1.85. The molecule has 1 radical (unpaired) electrons. The third-order valence-electron chi connectivity index (χ3n) is 1.59. The number of hydrogen-bond donors (Lipinski definition) is 2. The van der Waals surface area contributed by atoms with Gasteiger partial charge in [0.15, 0.2) is 0 Å². The quantitative estimate of drug-likeness (QED) is 0.577. The molecule has 0 amide bonds. The molecule has 0 atom stereocenters. The molecule has 0 aliphatic heterocycles. The van der Waals surface area contributed by atoms with Crippen molar-refractivity contribution in [2.75, 3.05) is 11.2 Å². The van der Waals surface area contributed by atoms with Crippen molar-refractivity contribution in [3.63, 3.8) is 0 Å². The Morgan fingerprint density at radius 3 is 2.33 bits per heavy atom. The second-order valence-corrected chi connectivity index (χ2v) is 4.17. The summed E-state index contributed by atoms with van der Waals surface area (Å²) in [5.74, 6) is -0.460. The van der Waals surface area contributed by atoms with E-state index in [1.54, 1.807) is 12.1 Å². The summed E-state index contributed by atoms with van der Waals surface area (Å²) in [6.07, 6.45) is 0. The maximum Gasteiger partial charge on any atom is 0.283 e. The largest absolute Gasteiger partial charge is 0.412 e. The Kier molecular flexibility index (Phi) is 8.31. The van der Waals surface area contributed by atoms with E-state index in [1.165, 1.54) is 0 Å². The second-order valence-electron chi connectivity index (χ2n) is 2.72. The molecule has 0 heterocycles. The van der Waals surface area contributed by atoms with Crippen molar-refractivity contribution in [1.82, 2.24) is 0 Å². The zero-order valence-corrected chi connectivity index (χ0v) is 11.5. The van der Waals surface area contributed by atoms with Crippen molar-refractivity contribution in [2.45, 2.75) is 6.92 Å². The number of nitrogens with one attached hydrogen (secondary N) is 1. The van der Waals surface area contributed by atoms with Crippen LogP contribution in [0.1, 0.15) is 5.56 Å². The van der Waals surface area contributed by atoms with E-state index in [1.807, 2.05) is 19.1 Å². The van der Waals surface area contributed by atoms with E-state index in [2.05, 4.69) is 5.32 Å². The van der Waals surface area contributed by atoms with Crippen molar-refractivity contribution in [2.24, 2.45) is 0 Å². The van der Waals surface area contributed by atoms with Gasteiger partial charge in [-0.05, 0) is 18.6 Å². The molecule has 1 rings (SSSR count). The fraction of sp³-hybridized carbons (Fsp3) is 0.250. The van der Waals surface area contributed by atoms with Crippen LogP contribution in [0.2, 0.25) is 0 Å². The second kappa shape index (κ2) is 7.21. The number of benzene rings is 1. The van der Waals surface area contributed by atoms with Gasteiger partial charge in [-0.3, -0.25) is 4.55 Å². The third kappa shape index (κ3) is 6.88. The van der Waals surface area contributed by atoms with Gasteiger partial charge in [-0.1, -0.05) is 18.2 Å². The number of aryl methyl sites for hydroxylation is 1. The van der Waals surface area contributed by atoms with Crippen LogP contribution in [0.3, 0.4) is 0 Å². The molecule has 0 saturated heterocycles. The van der Waals surface area contributed by atoms with Crippen LogP contribution in [0.5, 0.6) is 0 Å². The van der Waals surface area contributed by atoms with Gasteiger partial charge in [0.05, 0.1) is 0 Å². The first-order chi connectivity index (χ1) is 5.99. The molecule has 0 unspecified atom stereocenters. The monoisotopic (exact) mass is 242 g/mol. The average molecular weight is 242 g/mol. The van der Waals surface area contributed by atoms with Crippen LogP contribution in [0.25, 0.3) is 0 Å². The Hall–Kier alpha value is -0.110. The van der Waals surface area contributed by atoms with E-state index in [0.29, 0.717) is 5.69 Å². The van der Waals surface area contributed by atoms with Gasteiger partial charge in [0.25, 0.3) is 10.1 Å². The average Bonchev–Trinajstić information content (AvgIpc) is 2.01. The molecule has 5 nitrogen and oxygen atoms in total. The van der Waals surface area contributed by atoms with Crippen LogP contribution in [0.4, 0.5) is 5.69 Å². The fourth-order valence-electron chi connectivity index (χ4n) is 0.940. The van der Waals surface area contributed by atoms with E-state index >= 15 is 0 Å². The van der Waals surface area contributed by atoms with Crippen molar-refractivity contribution >= 4 is 45.4 Å². The normalized spacial score (nSPS) is 9.73. The molecule has 7 heteroatoms. The molecule has 15 heavy (non-hydrogen) atoms. The first-order valence-corrected chi connectivity index (χ1v) is 5.34. The van der Waals surface area contributed by atoms with Crippen LogP contribution in [-0.4, -0.2) is 53.9 Å². The minimum Gasteiger partial charge on any atom is -0.412 e. The number of para-hydroxylation sites is 1. The van der Waals surface area contributed by atoms with Gasteiger partial charge >= 0.3 is 0 Å². The molecule has 81 valence electrons. The van der Waals surface area contributed by atoms with Gasteiger partial charge in [0.2, 0.25) is 0 Å². The van der Waals surface area contributed by atoms with E-state index in [0.717, 1.165) is 5.56 Å². The molecular weight excluding hydrogens is 229 g/mol. The Morgan fingerprint density at radius 2 is 1.87 bits per heavy atom. The molecule has 1 aromatic carbocycles. The Balaban J connectivity index is 0. The van der Waals surface area contributed by atoms with E-state index in [9.17, 15) is 8.42 Å². The van der Waals surface area contributed by atoms with Gasteiger partial charge in [-0.2, -0.15) is 8.42 Å². The molecule has 0 spiro atoms. The third-order valence-corrected chi connectivity index (χ3v) is 2.10. The van der Waals surface area contributed by atoms with Crippen molar-refractivity contribution in [1.29, 1.82) is 0 Å². The standard InChI is InChI=1S/C8H11NO3S.Na.H2O/c1-7-4-2-3-5-8(7)9-6-13(10,11)12;;/h2-5,9H,6H2,1H3,(H,10,11,12);;1H2. The van der Waals surface area contributed by atoms with E-state index in [4.69, 9.17) is 4.55 Å². The predicted octanol–water partition coefficient (Wildman–Crippen LogP) is 0.0467. The SMILES string of the molecule is Cc1ccccc1NCS(=O)(=O)O.O.[Na]. The van der Waals surface area contributed by atoms with Crippen LogP contribution in [-0.2, 0) is 10.1 Å². The van der Waals surface area contributed by atoms with Gasteiger partial charge in [0.1, 0.15) is 5.88 Å². The van der Waals surface area contributed by atoms with Crippen molar-refractivity contribution in [3.05, 3.63) is 29.8 Å². The van der Waals surface area contributed by atoms with Crippen molar-refractivity contribution in [3.8, 4) is 0 Å². The summed E-state index contributed by atoms with van der Waals surface area (Å²) in [4.78, 5) is 0. The number of hydrogen-bond acceptors (Lipinski definition) is 3. The van der Waals surface area contributed by atoms with Crippen LogP contribution < -0.4 is 5.32 Å². The molecule has 0 saturated carbocycles. The van der Waals surface area contributed by atoms with Gasteiger partial charge < -0.3 is 10.8 Å². The van der Waals surface area contributed by atoms with Crippen LogP contribution in [0.15, 0.2) is 24.3 Å². The molecule has 0 fully saturated rings. The number of rotatable bonds is 3.